The number of halogens is 3. The first-order valence-corrected chi connectivity index (χ1v) is 10.3. The Morgan fingerprint density at radius 3 is 2.33 bits per heavy atom. The first kappa shape index (κ1) is 24.0. The largest absolute Gasteiger partial charge is 0.411 e. The number of carbonyl (C=O) groups is 1. The van der Waals surface area contributed by atoms with Gasteiger partial charge >= 0.3 is 6.18 Å². The van der Waals surface area contributed by atoms with Crippen LogP contribution in [0.5, 0.6) is 0 Å². The predicted molar refractivity (Wildman–Crippen MR) is 110 cm³/mol. The van der Waals surface area contributed by atoms with E-state index in [4.69, 9.17) is 0 Å². The smallest absolute Gasteiger partial charge is 0.367 e. The van der Waals surface area contributed by atoms with Gasteiger partial charge in [-0.05, 0) is 29.9 Å². The molecule has 0 aromatic heterocycles. The Balaban J connectivity index is 1.60. The maximum absolute atomic E-state index is 12.1. The van der Waals surface area contributed by atoms with Crippen molar-refractivity contribution in [2.45, 2.75) is 51.4 Å². The Labute approximate surface area is 175 Å². The number of nitrogens with zero attached hydrogens (tertiary/aromatic N) is 1. The minimum absolute atomic E-state index is 0.0804. The molecule has 1 amide bonds. The van der Waals surface area contributed by atoms with Crippen molar-refractivity contribution in [3.05, 3.63) is 35.4 Å². The summed E-state index contributed by atoms with van der Waals surface area (Å²) in [6.45, 7) is 0.268. The van der Waals surface area contributed by atoms with E-state index in [1.54, 1.807) is 19.2 Å². The number of aliphatic imine (C=N–C) groups is 1. The molecule has 1 saturated carbocycles. The molecule has 0 heterocycles. The molecule has 3 N–H and O–H groups in total. The maximum Gasteiger partial charge on any atom is 0.411 e. The molecule has 1 aromatic rings. The third-order valence-corrected chi connectivity index (χ3v) is 4.93. The summed E-state index contributed by atoms with van der Waals surface area (Å²) in [5, 5.41) is 9.23. The summed E-state index contributed by atoms with van der Waals surface area (Å²) in [5.41, 5.74) is 1.64. The van der Waals surface area contributed by atoms with Gasteiger partial charge in [0, 0.05) is 33.1 Å². The Bertz CT molecular complexity index is 672. The van der Waals surface area contributed by atoms with Gasteiger partial charge in [-0.3, -0.25) is 9.79 Å². The lowest BCUT2D eigenvalue weighted by atomic mass is 10.0. The van der Waals surface area contributed by atoms with E-state index < -0.39 is 12.8 Å². The van der Waals surface area contributed by atoms with Crippen LogP contribution in [-0.2, 0) is 22.7 Å². The second-order valence-corrected chi connectivity index (χ2v) is 7.48. The van der Waals surface area contributed by atoms with Crippen LogP contribution in [0.3, 0.4) is 0 Å². The summed E-state index contributed by atoms with van der Waals surface area (Å²) < 4.78 is 40.9. The van der Waals surface area contributed by atoms with E-state index in [1.165, 1.54) is 12.8 Å². The molecule has 0 spiro atoms. The molecule has 2 rings (SSSR count). The highest BCUT2D eigenvalue weighted by molar-refractivity contribution is 5.80. The van der Waals surface area contributed by atoms with Crippen LogP contribution in [-0.4, -0.2) is 44.8 Å². The Morgan fingerprint density at radius 2 is 1.70 bits per heavy atom. The van der Waals surface area contributed by atoms with Crippen molar-refractivity contribution in [3.63, 3.8) is 0 Å². The van der Waals surface area contributed by atoms with E-state index >= 15 is 0 Å². The van der Waals surface area contributed by atoms with Gasteiger partial charge in [0.25, 0.3) is 0 Å². The molecule has 168 valence electrons. The molecule has 1 aliphatic rings. The molecule has 0 aliphatic heterocycles. The van der Waals surface area contributed by atoms with E-state index in [1.807, 2.05) is 12.1 Å². The molecule has 6 nitrogen and oxygen atoms in total. The van der Waals surface area contributed by atoms with Crippen molar-refractivity contribution in [3.8, 4) is 0 Å². The quantitative estimate of drug-likeness (QED) is 0.304. The zero-order valence-corrected chi connectivity index (χ0v) is 17.4. The summed E-state index contributed by atoms with van der Waals surface area (Å²) in [6.07, 6.45) is 1.08. The highest BCUT2D eigenvalue weighted by atomic mass is 19.4. The van der Waals surface area contributed by atoms with Crippen molar-refractivity contribution in [2.75, 3.05) is 26.7 Å². The first-order chi connectivity index (χ1) is 14.4. The maximum atomic E-state index is 12.1. The zero-order valence-electron chi connectivity index (χ0n) is 17.4. The lowest BCUT2D eigenvalue weighted by Crippen LogP contribution is -2.41. The van der Waals surface area contributed by atoms with E-state index in [-0.39, 0.29) is 12.5 Å². The second-order valence-electron chi connectivity index (χ2n) is 7.48. The van der Waals surface area contributed by atoms with Crippen LogP contribution in [0.2, 0.25) is 0 Å². The number of carbonyl (C=O) groups excluding carboxylic acids is 1. The van der Waals surface area contributed by atoms with E-state index in [9.17, 15) is 18.0 Å². The monoisotopic (exact) mass is 428 g/mol. The minimum Gasteiger partial charge on any atom is -0.367 e. The summed E-state index contributed by atoms with van der Waals surface area (Å²) in [5.74, 6) is 1.25. The van der Waals surface area contributed by atoms with Crippen LogP contribution in [0.4, 0.5) is 13.2 Å². The summed E-state index contributed by atoms with van der Waals surface area (Å²) >= 11 is 0. The van der Waals surface area contributed by atoms with Gasteiger partial charge in [-0.15, -0.1) is 0 Å². The molecule has 30 heavy (non-hydrogen) atoms. The number of hydrogen-bond acceptors (Lipinski definition) is 3. The number of hydrogen-bond donors (Lipinski definition) is 3. The highest BCUT2D eigenvalue weighted by Crippen LogP contribution is 2.27. The standard InChI is InChI=1S/C21H31F3N4O2/c1-25-20(27-11-10-26-19(29)12-16-4-2-3-5-16)28-13-17-6-8-18(9-7-17)14-30-15-21(22,23)24/h6-9,16H,2-5,10-15H2,1H3,(H,26,29)(H2,25,27,28). The summed E-state index contributed by atoms with van der Waals surface area (Å²) in [6, 6.07) is 7.14. The fourth-order valence-electron chi connectivity index (χ4n) is 3.38. The second kappa shape index (κ2) is 12.4. The van der Waals surface area contributed by atoms with Crippen LogP contribution in [0.15, 0.2) is 29.3 Å². The number of rotatable bonds is 10. The van der Waals surface area contributed by atoms with Crippen molar-refractivity contribution < 1.29 is 22.7 Å². The molecule has 0 radical (unpaired) electrons. The normalized spacial score (nSPS) is 15.3. The number of nitrogens with one attached hydrogen (secondary N) is 3. The molecular formula is C21H31F3N4O2. The molecule has 1 aromatic carbocycles. The van der Waals surface area contributed by atoms with E-state index in [0.717, 1.165) is 18.4 Å². The predicted octanol–water partition coefficient (Wildman–Crippen LogP) is 3.13. The molecule has 0 bridgehead atoms. The van der Waals surface area contributed by atoms with Gasteiger partial charge in [0.2, 0.25) is 5.91 Å². The number of guanidine groups is 1. The fraction of sp³-hybridized carbons (Fsp3) is 0.619. The molecular weight excluding hydrogens is 397 g/mol. The van der Waals surface area contributed by atoms with E-state index in [0.29, 0.717) is 43.5 Å². The van der Waals surface area contributed by atoms with Gasteiger partial charge in [0.05, 0.1) is 6.61 Å². The SMILES string of the molecule is CN=C(NCCNC(=O)CC1CCCC1)NCc1ccc(COCC(F)(F)F)cc1. The number of ether oxygens (including phenoxy) is 1. The zero-order chi connectivity index (χ0) is 21.8. The molecule has 1 aliphatic carbocycles. The van der Waals surface area contributed by atoms with Crippen LogP contribution >= 0.6 is 0 Å². The Kier molecular flexibility index (Phi) is 9.93. The van der Waals surface area contributed by atoms with Crippen LogP contribution in [0, 0.1) is 5.92 Å². The molecule has 9 heteroatoms. The van der Waals surface area contributed by atoms with Crippen LogP contribution < -0.4 is 16.0 Å². The average Bonchev–Trinajstić information content (AvgIpc) is 3.20. The van der Waals surface area contributed by atoms with Gasteiger partial charge < -0.3 is 20.7 Å². The van der Waals surface area contributed by atoms with Gasteiger partial charge in [0.1, 0.15) is 6.61 Å². The minimum atomic E-state index is -4.31. The third-order valence-electron chi connectivity index (χ3n) is 4.93. The highest BCUT2D eigenvalue weighted by Gasteiger charge is 2.27. The van der Waals surface area contributed by atoms with Crippen molar-refractivity contribution in [1.82, 2.24) is 16.0 Å². The summed E-state index contributed by atoms with van der Waals surface area (Å²) in [4.78, 5) is 16.1. The van der Waals surface area contributed by atoms with Gasteiger partial charge in [0.15, 0.2) is 5.96 Å². The number of alkyl halides is 3. The van der Waals surface area contributed by atoms with Gasteiger partial charge in [-0.2, -0.15) is 13.2 Å². The van der Waals surface area contributed by atoms with E-state index in [2.05, 4.69) is 25.7 Å². The average molecular weight is 428 g/mol. The fourth-order valence-corrected chi connectivity index (χ4v) is 3.38. The molecule has 0 unspecified atom stereocenters. The first-order valence-electron chi connectivity index (χ1n) is 10.3. The van der Waals surface area contributed by atoms with Crippen molar-refractivity contribution in [2.24, 2.45) is 10.9 Å². The lowest BCUT2D eigenvalue weighted by molar-refractivity contribution is -0.176. The molecule has 0 saturated heterocycles. The van der Waals surface area contributed by atoms with Crippen LogP contribution in [0.1, 0.15) is 43.2 Å². The topological polar surface area (TPSA) is 74.8 Å². The van der Waals surface area contributed by atoms with Crippen molar-refractivity contribution >= 4 is 11.9 Å². The molecule has 1 fully saturated rings. The lowest BCUT2D eigenvalue weighted by Gasteiger charge is -2.13. The third kappa shape index (κ3) is 9.96. The molecule has 0 atom stereocenters. The number of benzene rings is 1. The Hall–Kier alpha value is -2.29. The Morgan fingerprint density at radius 1 is 1.07 bits per heavy atom. The van der Waals surface area contributed by atoms with Crippen molar-refractivity contribution in [1.29, 1.82) is 0 Å². The van der Waals surface area contributed by atoms with Crippen LogP contribution in [0.25, 0.3) is 0 Å². The number of amides is 1. The van der Waals surface area contributed by atoms with Gasteiger partial charge in [-0.1, -0.05) is 37.1 Å². The summed E-state index contributed by atoms with van der Waals surface area (Å²) in [7, 11) is 1.66. The van der Waals surface area contributed by atoms with Gasteiger partial charge in [-0.25, -0.2) is 0 Å².